The van der Waals surface area contributed by atoms with E-state index >= 15 is 0 Å². The summed E-state index contributed by atoms with van der Waals surface area (Å²) in [6.45, 7) is 4.65. The lowest BCUT2D eigenvalue weighted by Gasteiger charge is -2.21. The standard InChI is InChI=1S/C62H115O11P/c1-4-7-10-13-16-19-22-25-27-28-29-30-32-34-36-39-42-45-48-51-60(64)69-55-59(73-62(66)53-50-47-44-41-38-35-31-26-23-20-17-14-11-8-5-2)57-71-74(67,68)70-56-58(54-63)72-61(65)52-49-46-43-40-37-33-24-21-18-15-12-9-6-3/h17,20,25-27,31,58-59,63H,4-16,18-19,21-24,28-30,32-57H2,1-3H3,(H,67,68)/b20-17-,27-25-,31-26-. The fraction of sp³-hybridized carbons (Fsp3) is 0.855. The molecule has 0 aromatic carbocycles. The highest BCUT2D eigenvalue weighted by Crippen LogP contribution is 2.43. The number of aliphatic hydroxyl groups is 1. The second-order valence-corrected chi connectivity index (χ2v) is 22.3. The van der Waals surface area contributed by atoms with E-state index in [1.54, 1.807) is 0 Å². The van der Waals surface area contributed by atoms with Gasteiger partial charge in [0.25, 0.3) is 0 Å². The molecular weight excluding hydrogens is 952 g/mol. The van der Waals surface area contributed by atoms with E-state index < -0.39 is 57.8 Å². The zero-order valence-corrected chi connectivity index (χ0v) is 49.0. The van der Waals surface area contributed by atoms with Gasteiger partial charge in [-0.1, -0.05) is 243 Å². The molecule has 0 fully saturated rings. The monoisotopic (exact) mass is 1070 g/mol. The van der Waals surface area contributed by atoms with Crippen LogP contribution in [0.1, 0.15) is 303 Å². The van der Waals surface area contributed by atoms with E-state index in [-0.39, 0.29) is 25.9 Å². The van der Waals surface area contributed by atoms with Gasteiger partial charge in [0.2, 0.25) is 0 Å². The minimum atomic E-state index is -4.75. The minimum Gasteiger partial charge on any atom is -0.462 e. The Kier molecular flexibility index (Phi) is 55.1. The fourth-order valence-electron chi connectivity index (χ4n) is 8.79. The van der Waals surface area contributed by atoms with E-state index in [9.17, 15) is 28.9 Å². The Labute approximate surface area is 454 Å². The van der Waals surface area contributed by atoms with Crippen LogP contribution in [0, 0.1) is 0 Å². The van der Waals surface area contributed by atoms with Gasteiger partial charge in [-0.15, -0.1) is 0 Å². The van der Waals surface area contributed by atoms with E-state index in [1.807, 2.05) is 0 Å². The highest BCUT2D eigenvalue weighted by molar-refractivity contribution is 7.47. The van der Waals surface area contributed by atoms with Gasteiger partial charge in [-0.3, -0.25) is 23.4 Å². The molecule has 0 aliphatic heterocycles. The molecule has 0 spiro atoms. The van der Waals surface area contributed by atoms with Gasteiger partial charge in [-0.25, -0.2) is 4.57 Å². The number of phosphoric acid groups is 1. The summed E-state index contributed by atoms with van der Waals surface area (Å²) in [7, 11) is -4.75. The van der Waals surface area contributed by atoms with Crippen molar-refractivity contribution in [1.82, 2.24) is 0 Å². The topological polar surface area (TPSA) is 155 Å². The van der Waals surface area contributed by atoms with Gasteiger partial charge in [0.15, 0.2) is 6.10 Å². The van der Waals surface area contributed by atoms with Crippen LogP contribution in [0.3, 0.4) is 0 Å². The number of allylic oxidation sites excluding steroid dienone is 6. The maximum Gasteiger partial charge on any atom is 0.472 e. The van der Waals surface area contributed by atoms with Crippen LogP contribution in [-0.4, -0.2) is 66.5 Å². The lowest BCUT2D eigenvalue weighted by atomic mass is 10.0. The zero-order valence-electron chi connectivity index (χ0n) is 48.1. The first-order valence-corrected chi connectivity index (χ1v) is 32.4. The van der Waals surface area contributed by atoms with Crippen molar-refractivity contribution in [3.63, 3.8) is 0 Å². The molecular formula is C62H115O11P. The van der Waals surface area contributed by atoms with Crippen molar-refractivity contribution in [2.75, 3.05) is 26.4 Å². The van der Waals surface area contributed by atoms with E-state index in [0.29, 0.717) is 19.3 Å². The molecule has 12 heteroatoms. The summed E-state index contributed by atoms with van der Waals surface area (Å²) in [6.07, 6.45) is 59.5. The number of phosphoric ester groups is 1. The molecule has 0 aliphatic carbocycles. The Morgan fingerprint density at radius 1 is 0.378 bits per heavy atom. The first-order chi connectivity index (χ1) is 36.2. The van der Waals surface area contributed by atoms with Gasteiger partial charge < -0.3 is 24.2 Å². The predicted octanol–water partition coefficient (Wildman–Crippen LogP) is 18.4. The highest BCUT2D eigenvalue weighted by atomic mass is 31.2. The molecule has 0 aromatic heterocycles. The van der Waals surface area contributed by atoms with Gasteiger partial charge in [-0.2, -0.15) is 0 Å². The summed E-state index contributed by atoms with van der Waals surface area (Å²) in [4.78, 5) is 48.6. The van der Waals surface area contributed by atoms with Gasteiger partial charge >= 0.3 is 25.7 Å². The second kappa shape index (κ2) is 56.9. The van der Waals surface area contributed by atoms with Crippen molar-refractivity contribution in [1.29, 1.82) is 0 Å². The lowest BCUT2D eigenvalue weighted by Crippen LogP contribution is -2.30. The Hall–Kier alpha value is -2.30. The minimum absolute atomic E-state index is 0.155. The first kappa shape index (κ1) is 71.7. The smallest absolute Gasteiger partial charge is 0.462 e. The Morgan fingerprint density at radius 2 is 0.662 bits per heavy atom. The molecule has 0 saturated heterocycles. The van der Waals surface area contributed by atoms with Crippen LogP contribution in [0.2, 0.25) is 0 Å². The number of unbranched alkanes of at least 4 members (excludes halogenated alkanes) is 35. The van der Waals surface area contributed by atoms with Crippen molar-refractivity contribution >= 4 is 25.7 Å². The van der Waals surface area contributed by atoms with Crippen LogP contribution < -0.4 is 0 Å². The fourth-order valence-corrected chi connectivity index (χ4v) is 9.58. The van der Waals surface area contributed by atoms with E-state index in [4.69, 9.17) is 23.3 Å². The van der Waals surface area contributed by atoms with Crippen LogP contribution in [-0.2, 0) is 42.2 Å². The van der Waals surface area contributed by atoms with Gasteiger partial charge in [-0.05, 0) is 77.0 Å². The number of rotatable bonds is 58. The third-order valence-electron chi connectivity index (χ3n) is 13.5. The average molecular weight is 1070 g/mol. The molecule has 74 heavy (non-hydrogen) atoms. The summed E-state index contributed by atoms with van der Waals surface area (Å²) in [5, 5.41) is 9.82. The number of esters is 3. The number of hydrogen-bond acceptors (Lipinski definition) is 10. The Bertz CT molecular complexity index is 1380. The van der Waals surface area contributed by atoms with Crippen molar-refractivity contribution in [2.24, 2.45) is 0 Å². The molecule has 0 bridgehead atoms. The third-order valence-corrected chi connectivity index (χ3v) is 14.5. The third kappa shape index (κ3) is 54.5. The summed E-state index contributed by atoms with van der Waals surface area (Å²) < 4.78 is 39.6. The van der Waals surface area contributed by atoms with Crippen LogP contribution in [0.25, 0.3) is 0 Å². The molecule has 3 unspecified atom stereocenters. The van der Waals surface area contributed by atoms with Crippen molar-refractivity contribution in [3.05, 3.63) is 36.5 Å². The molecule has 3 atom stereocenters. The molecule has 11 nitrogen and oxygen atoms in total. The number of hydrogen-bond donors (Lipinski definition) is 2. The van der Waals surface area contributed by atoms with Crippen molar-refractivity contribution < 1.29 is 52.2 Å². The van der Waals surface area contributed by atoms with Gasteiger partial charge in [0, 0.05) is 19.3 Å². The van der Waals surface area contributed by atoms with E-state index in [1.165, 1.54) is 161 Å². The van der Waals surface area contributed by atoms with Crippen LogP contribution >= 0.6 is 7.82 Å². The molecule has 0 radical (unpaired) electrons. The molecule has 0 aromatic rings. The zero-order chi connectivity index (χ0) is 54.1. The van der Waals surface area contributed by atoms with Crippen molar-refractivity contribution in [2.45, 2.75) is 315 Å². The molecule has 0 saturated carbocycles. The summed E-state index contributed by atoms with van der Waals surface area (Å²) in [6, 6.07) is 0. The van der Waals surface area contributed by atoms with Crippen LogP contribution in [0.4, 0.5) is 0 Å². The molecule has 434 valence electrons. The van der Waals surface area contributed by atoms with Crippen LogP contribution in [0.5, 0.6) is 0 Å². The van der Waals surface area contributed by atoms with E-state index in [2.05, 4.69) is 57.2 Å². The van der Waals surface area contributed by atoms with E-state index in [0.717, 1.165) is 83.5 Å². The Morgan fingerprint density at radius 3 is 1.04 bits per heavy atom. The SMILES string of the molecule is CCCCC/C=C\C/C=C\CCCCCCCC(=O)OC(COC(=O)CCCCCCCCCCC/C=C\CCCCCCCC)COP(=O)(O)OCC(CO)OC(=O)CCCCCCCCCCCCCCC. The average Bonchev–Trinajstić information content (AvgIpc) is 3.39. The van der Waals surface area contributed by atoms with Crippen LogP contribution in [0.15, 0.2) is 36.5 Å². The summed E-state index contributed by atoms with van der Waals surface area (Å²) >= 11 is 0. The number of aliphatic hydroxyl groups excluding tert-OH is 1. The quantitative estimate of drug-likeness (QED) is 0.0197. The maximum absolute atomic E-state index is 12.9. The molecule has 2 N–H and O–H groups in total. The van der Waals surface area contributed by atoms with Gasteiger partial charge in [0.05, 0.1) is 19.8 Å². The molecule has 0 rings (SSSR count). The number of carbonyl (C=O) groups excluding carboxylic acids is 3. The molecule has 0 heterocycles. The summed E-state index contributed by atoms with van der Waals surface area (Å²) in [5.41, 5.74) is 0. The van der Waals surface area contributed by atoms with Gasteiger partial charge in [0.1, 0.15) is 12.7 Å². The Balaban J connectivity index is 4.68. The number of ether oxygens (including phenoxy) is 3. The predicted molar refractivity (Wildman–Crippen MR) is 307 cm³/mol. The highest BCUT2D eigenvalue weighted by Gasteiger charge is 2.28. The maximum atomic E-state index is 12.9. The lowest BCUT2D eigenvalue weighted by molar-refractivity contribution is -0.161. The second-order valence-electron chi connectivity index (χ2n) is 20.9. The largest absolute Gasteiger partial charge is 0.472 e. The molecule has 0 amide bonds. The van der Waals surface area contributed by atoms with Crippen molar-refractivity contribution in [3.8, 4) is 0 Å². The summed E-state index contributed by atoms with van der Waals surface area (Å²) in [5.74, 6) is -1.46. The first-order valence-electron chi connectivity index (χ1n) is 30.9. The number of carbonyl (C=O) groups is 3. The normalized spacial score (nSPS) is 13.5. The molecule has 0 aliphatic rings.